The number of rotatable bonds is 7. The van der Waals surface area contributed by atoms with Gasteiger partial charge < -0.3 is 15.5 Å². The van der Waals surface area contributed by atoms with Crippen LogP contribution in [0.1, 0.15) is 19.8 Å². The number of nitrogens with one attached hydrogen (secondary N) is 2. The SMILES string of the molecule is CCN(C)C(=O)CNC(=O)CNCC1CC1. The number of amides is 2. The van der Waals surface area contributed by atoms with Crippen LogP contribution >= 0.6 is 0 Å². The summed E-state index contributed by atoms with van der Waals surface area (Å²) in [5.74, 6) is 0.595. The van der Waals surface area contributed by atoms with Gasteiger partial charge in [-0.1, -0.05) is 0 Å². The Morgan fingerprint density at radius 1 is 1.31 bits per heavy atom. The molecule has 1 saturated carbocycles. The Kier molecular flexibility index (Phi) is 5.25. The summed E-state index contributed by atoms with van der Waals surface area (Å²) in [6.45, 7) is 3.87. The molecule has 0 heterocycles. The van der Waals surface area contributed by atoms with Gasteiger partial charge in [-0.05, 0) is 32.2 Å². The van der Waals surface area contributed by atoms with Crippen molar-refractivity contribution in [3.8, 4) is 0 Å². The smallest absolute Gasteiger partial charge is 0.241 e. The molecule has 1 aliphatic carbocycles. The Hall–Kier alpha value is -1.10. The molecule has 0 saturated heterocycles. The average Bonchev–Trinajstić information content (AvgIpc) is 3.08. The van der Waals surface area contributed by atoms with Gasteiger partial charge in [0.15, 0.2) is 0 Å². The van der Waals surface area contributed by atoms with E-state index in [4.69, 9.17) is 0 Å². The Morgan fingerprint density at radius 3 is 2.56 bits per heavy atom. The van der Waals surface area contributed by atoms with Crippen molar-refractivity contribution >= 4 is 11.8 Å². The molecule has 0 atom stereocenters. The van der Waals surface area contributed by atoms with Gasteiger partial charge in [0.1, 0.15) is 0 Å². The topological polar surface area (TPSA) is 61.4 Å². The molecule has 0 aromatic rings. The fourth-order valence-electron chi connectivity index (χ4n) is 1.26. The third-order valence-electron chi connectivity index (χ3n) is 2.75. The first-order valence-electron chi connectivity index (χ1n) is 5.84. The van der Waals surface area contributed by atoms with Gasteiger partial charge in [0.2, 0.25) is 11.8 Å². The number of likely N-dealkylation sites (N-methyl/N-ethyl adjacent to an activating group) is 1. The second kappa shape index (κ2) is 6.48. The van der Waals surface area contributed by atoms with E-state index in [1.807, 2.05) is 6.92 Å². The summed E-state index contributed by atoms with van der Waals surface area (Å²) in [4.78, 5) is 24.3. The maximum absolute atomic E-state index is 11.4. The van der Waals surface area contributed by atoms with Crippen LogP contribution in [0.25, 0.3) is 0 Å². The Bertz CT molecular complexity index is 252. The van der Waals surface area contributed by atoms with E-state index in [0.717, 1.165) is 12.5 Å². The monoisotopic (exact) mass is 227 g/mol. The molecular formula is C11H21N3O2. The van der Waals surface area contributed by atoms with E-state index < -0.39 is 0 Å². The van der Waals surface area contributed by atoms with Crippen molar-refractivity contribution in [3.05, 3.63) is 0 Å². The van der Waals surface area contributed by atoms with Crippen LogP contribution in [-0.4, -0.2) is 49.9 Å². The second-order valence-electron chi connectivity index (χ2n) is 4.26. The third kappa shape index (κ3) is 5.11. The maximum atomic E-state index is 11.4. The molecule has 1 fully saturated rings. The standard InChI is InChI=1S/C11H21N3O2/c1-3-14(2)11(16)8-13-10(15)7-12-6-9-4-5-9/h9,12H,3-8H2,1-2H3,(H,13,15). The molecule has 92 valence electrons. The van der Waals surface area contributed by atoms with Crippen LogP contribution in [0.2, 0.25) is 0 Å². The molecule has 0 radical (unpaired) electrons. The lowest BCUT2D eigenvalue weighted by Gasteiger charge is -2.14. The van der Waals surface area contributed by atoms with Crippen LogP contribution in [0.4, 0.5) is 0 Å². The number of carbonyl (C=O) groups excluding carboxylic acids is 2. The van der Waals surface area contributed by atoms with Gasteiger partial charge >= 0.3 is 0 Å². The number of hydrogen-bond donors (Lipinski definition) is 2. The number of hydrogen-bond acceptors (Lipinski definition) is 3. The Balaban J connectivity index is 2.02. The molecule has 1 rings (SSSR count). The van der Waals surface area contributed by atoms with E-state index >= 15 is 0 Å². The first kappa shape index (κ1) is 13.0. The van der Waals surface area contributed by atoms with Crippen molar-refractivity contribution in [1.29, 1.82) is 0 Å². The van der Waals surface area contributed by atoms with E-state index in [0.29, 0.717) is 13.1 Å². The molecule has 0 aromatic heterocycles. The van der Waals surface area contributed by atoms with Crippen molar-refractivity contribution in [3.63, 3.8) is 0 Å². The van der Waals surface area contributed by atoms with Crippen molar-refractivity contribution in [1.82, 2.24) is 15.5 Å². The van der Waals surface area contributed by atoms with Crippen molar-refractivity contribution in [2.24, 2.45) is 5.92 Å². The molecule has 16 heavy (non-hydrogen) atoms. The van der Waals surface area contributed by atoms with Crippen LogP contribution in [0, 0.1) is 5.92 Å². The first-order chi connectivity index (χ1) is 7.63. The molecule has 0 unspecified atom stereocenters. The van der Waals surface area contributed by atoms with Gasteiger partial charge in [-0.15, -0.1) is 0 Å². The van der Waals surface area contributed by atoms with E-state index in [9.17, 15) is 9.59 Å². The highest BCUT2D eigenvalue weighted by molar-refractivity contribution is 5.85. The summed E-state index contributed by atoms with van der Waals surface area (Å²) in [6.07, 6.45) is 2.54. The van der Waals surface area contributed by atoms with Gasteiger partial charge in [-0.2, -0.15) is 0 Å². The van der Waals surface area contributed by atoms with Crippen molar-refractivity contribution < 1.29 is 9.59 Å². The molecule has 0 aromatic carbocycles. The van der Waals surface area contributed by atoms with E-state index in [1.54, 1.807) is 11.9 Å². The van der Waals surface area contributed by atoms with E-state index in [-0.39, 0.29) is 18.4 Å². The van der Waals surface area contributed by atoms with E-state index in [1.165, 1.54) is 12.8 Å². The van der Waals surface area contributed by atoms with Gasteiger partial charge in [-0.25, -0.2) is 0 Å². The minimum atomic E-state index is -0.112. The highest BCUT2D eigenvalue weighted by atomic mass is 16.2. The largest absolute Gasteiger partial charge is 0.346 e. The summed E-state index contributed by atoms with van der Waals surface area (Å²) in [5.41, 5.74) is 0. The minimum Gasteiger partial charge on any atom is -0.346 e. The van der Waals surface area contributed by atoms with Crippen molar-refractivity contribution in [2.75, 3.05) is 33.2 Å². The van der Waals surface area contributed by atoms with Gasteiger partial charge in [0.25, 0.3) is 0 Å². The molecule has 0 bridgehead atoms. The van der Waals surface area contributed by atoms with Crippen LogP contribution in [0.5, 0.6) is 0 Å². The zero-order chi connectivity index (χ0) is 12.0. The Morgan fingerprint density at radius 2 is 2.00 bits per heavy atom. The summed E-state index contributed by atoms with van der Waals surface area (Å²) < 4.78 is 0. The van der Waals surface area contributed by atoms with Crippen LogP contribution in [0.3, 0.4) is 0 Å². The second-order valence-corrected chi connectivity index (χ2v) is 4.26. The lowest BCUT2D eigenvalue weighted by atomic mass is 10.4. The fraction of sp³-hybridized carbons (Fsp3) is 0.818. The molecular weight excluding hydrogens is 206 g/mol. The normalized spacial score (nSPS) is 14.6. The summed E-state index contributed by atoms with van der Waals surface area (Å²) in [7, 11) is 1.72. The lowest BCUT2D eigenvalue weighted by Crippen LogP contribution is -2.41. The zero-order valence-corrected chi connectivity index (χ0v) is 10.1. The van der Waals surface area contributed by atoms with Gasteiger partial charge in [-0.3, -0.25) is 9.59 Å². The van der Waals surface area contributed by atoms with Gasteiger partial charge in [0, 0.05) is 13.6 Å². The molecule has 0 spiro atoms. The highest BCUT2D eigenvalue weighted by Gasteiger charge is 2.20. The van der Waals surface area contributed by atoms with Gasteiger partial charge in [0.05, 0.1) is 13.1 Å². The summed E-state index contributed by atoms with van der Waals surface area (Å²) >= 11 is 0. The summed E-state index contributed by atoms with van der Waals surface area (Å²) in [5, 5.41) is 5.68. The predicted octanol–water partition coefficient (Wildman–Crippen LogP) is -0.419. The van der Waals surface area contributed by atoms with Crippen molar-refractivity contribution in [2.45, 2.75) is 19.8 Å². The van der Waals surface area contributed by atoms with Crippen LogP contribution in [0.15, 0.2) is 0 Å². The highest BCUT2D eigenvalue weighted by Crippen LogP contribution is 2.27. The first-order valence-corrected chi connectivity index (χ1v) is 5.84. The van der Waals surface area contributed by atoms with Crippen LogP contribution < -0.4 is 10.6 Å². The van der Waals surface area contributed by atoms with E-state index in [2.05, 4.69) is 10.6 Å². The quantitative estimate of drug-likeness (QED) is 0.621. The predicted molar refractivity (Wildman–Crippen MR) is 61.9 cm³/mol. The van der Waals surface area contributed by atoms with Crippen LogP contribution in [-0.2, 0) is 9.59 Å². The molecule has 0 aliphatic heterocycles. The zero-order valence-electron chi connectivity index (χ0n) is 10.1. The fourth-order valence-corrected chi connectivity index (χ4v) is 1.26. The minimum absolute atomic E-state index is 0.0574. The molecule has 5 nitrogen and oxygen atoms in total. The third-order valence-corrected chi connectivity index (χ3v) is 2.75. The molecule has 1 aliphatic rings. The molecule has 5 heteroatoms. The number of nitrogens with zero attached hydrogens (tertiary/aromatic N) is 1. The lowest BCUT2D eigenvalue weighted by molar-refractivity contribution is -0.131. The number of carbonyl (C=O) groups is 2. The Labute approximate surface area is 96.6 Å². The molecule has 2 amide bonds. The molecule has 2 N–H and O–H groups in total. The summed E-state index contributed by atoms with van der Waals surface area (Å²) in [6, 6.07) is 0. The maximum Gasteiger partial charge on any atom is 0.241 e. The average molecular weight is 227 g/mol.